The number of ether oxygens (including phenoxy) is 1. The fourth-order valence-corrected chi connectivity index (χ4v) is 3.45. The molecule has 0 saturated carbocycles. The Morgan fingerprint density at radius 3 is 2.00 bits per heavy atom. The van der Waals surface area contributed by atoms with E-state index in [1.807, 2.05) is 45.0 Å². The molecule has 5 heteroatoms. The van der Waals surface area contributed by atoms with Crippen LogP contribution in [0.15, 0.2) is 48.5 Å². The largest absolute Gasteiger partial charge is 0.497 e. The summed E-state index contributed by atoms with van der Waals surface area (Å²) in [5.74, 6) is 1.05. The lowest BCUT2D eigenvalue weighted by atomic mass is 10.00. The summed E-state index contributed by atoms with van der Waals surface area (Å²) in [4.78, 5) is 27.8. The van der Waals surface area contributed by atoms with Crippen LogP contribution < -0.4 is 10.1 Å². The van der Waals surface area contributed by atoms with Gasteiger partial charge in [0, 0.05) is 18.5 Å². The molecular formula is C27H38N2O3. The second kappa shape index (κ2) is 11.2. The summed E-state index contributed by atoms with van der Waals surface area (Å²) in [6.45, 7) is 12.3. The van der Waals surface area contributed by atoms with Crippen LogP contribution in [-0.4, -0.2) is 35.4 Å². The van der Waals surface area contributed by atoms with E-state index in [4.69, 9.17) is 4.74 Å². The van der Waals surface area contributed by atoms with Gasteiger partial charge in [-0.15, -0.1) is 0 Å². The number of rotatable bonds is 9. The minimum absolute atomic E-state index is 0.0367. The molecule has 2 rings (SSSR count). The highest BCUT2D eigenvalue weighted by molar-refractivity contribution is 5.87. The lowest BCUT2D eigenvalue weighted by molar-refractivity contribution is -0.141. The van der Waals surface area contributed by atoms with Crippen molar-refractivity contribution in [3.8, 4) is 5.75 Å². The predicted octanol–water partition coefficient (Wildman–Crippen LogP) is 5.08. The van der Waals surface area contributed by atoms with Gasteiger partial charge in [-0.25, -0.2) is 0 Å². The van der Waals surface area contributed by atoms with E-state index < -0.39 is 6.04 Å². The Balaban J connectivity index is 2.15. The van der Waals surface area contributed by atoms with Crippen molar-refractivity contribution in [2.75, 3.05) is 7.11 Å². The van der Waals surface area contributed by atoms with E-state index in [0.29, 0.717) is 25.3 Å². The quantitative estimate of drug-likeness (QED) is 0.594. The minimum atomic E-state index is -0.577. The molecule has 0 spiro atoms. The molecule has 32 heavy (non-hydrogen) atoms. The molecule has 0 aliphatic rings. The summed E-state index contributed by atoms with van der Waals surface area (Å²) >= 11 is 0. The van der Waals surface area contributed by atoms with Crippen molar-refractivity contribution >= 4 is 11.8 Å². The van der Waals surface area contributed by atoms with Gasteiger partial charge in [-0.3, -0.25) is 9.59 Å². The third-order valence-corrected chi connectivity index (χ3v) is 5.45. The number of nitrogens with one attached hydrogen (secondary N) is 1. The highest BCUT2D eigenvalue weighted by atomic mass is 16.5. The first kappa shape index (κ1) is 25.4. The molecule has 174 valence electrons. The second-order valence-corrected chi connectivity index (χ2v) is 9.68. The number of hydrogen-bond donors (Lipinski definition) is 1. The molecule has 0 aromatic heterocycles. The normalized spacial score (nSPS) is 12.4. The molecule has 0 radical (unpaired) electrons. The molecule has 0 heterocycles. The molecule has 0 aliphatic heterocycles. The number of carbonyl (C=O) groups is 2. The summed E-state index contributed by atoms with van der Waals surface area (Å²) in [5.41, 5.74) is 3.00. The van der Waals surface area contributed by atoms with Crippen LogP contribution >= 0.6 is 0 Å². The highest BCUT2D eigenvalue weighted by Gasteiger charge is 2.28. The molecule has 2 aromatic carbocycles. The van der Waals surface area contributed by atoms with Gasteiger partial charge in [0.2, 0.25) is 11.8 Å². The van der Waals surface area contributed by atoms with Crippen molar-refractivity contribution in [3.05, 3.63) is 65.2 Å². The van der Waals surface area contributed by atoms with Crippen LogP contribution in [0.4, 0.5) is 0 Å². The smallest absolute Gasteiger partial charge is 0.242 e. The maximum absolute atomic E-state index is 13.3. The first-order valence-corrected chi connectivity index (χ1v) is 11.3. The second-order valence-electron chi connectivity index (χ2n) is 9.68. The van der Waals surface area contributed by atoms with E-state index in [2.05, 4.69) is 43.4 Å². The Morgan fingerprint density at radius 1 is 0.938 bits per heavy atom. The Kier molecular flexibility index (Phi) is 8.88. The first-order valence-electron chi connectivity index (χ1n) is 11.3. The van der Waals surface area contributed by atoms with Gasteiger partial charge in [-0.1, -0.05) is 50.2 Å². The van der Waals surface area contributed by atoms with E-state index in [1.165, 1.54) is 5.56 Å². The van der Waals surface area contributed by atoms with Crippen LogP contribution in [0, 0.1) is 0 Å². The summed E-state index contributed by atoms with van der Waals surface area (Å²) in [6, 6.07) is 15.4. The standard InChI is InChI=1S/C27H38N2O3/c1-19(2)23-13-8-21(9-14-23)12-17-25(30)29(20(3)26(31)28-27(4,5)6)18-22-10-15-24(32-7)16-11-22/h8-11,13-16,19-20H,12,17-18H2,1-7H3,(H,28,31). The van der Waals surface area contributed by atoms with Crippen molar-refractivity contribution in [3.63, 3.8) is 0 Å². The van der Waals surface area contributed by atoms with E-state index in [9.17, 15) is 9.59 Å². The zero-order valence-corrected chi connectivity index (χ0v) is 20.6. The monoisotopic (exact) mass is 438 g/mol. The molecule has 1 atom stereocenters. The average Bonchev–Trinajstić information content (AvgIpc) is 2.74. The summed E-state index contributed by atoms with van der Waals surface area (Å²) in [6.07, 6.45) is 0.994. The highest BCUT2D eigenvalue weighted by Crippen LogP contribution is 2.18. The number of amides is 2. The summed E-state index contributed by atoms with van der Waals surface area (Å²) in [5, 5.41) is 3.00. The van der Waals surface area contributed by atoms with Gasteiger partial charge in [0.25, 0.3) is 0 Å². The van der Waals surface area contributed by atoms with Crippen molar-refractivity contribution in [1.82, 2.24) is 10.2 Å². The molecule has 1 N–H and O–H groups in total. The van der Waals surface area contributed by atoms with Crippen LogP contribution in [0.1, 0.15) is 70.6 Å². The van der Waals surface area contributed by atoms with Crippen molar-refractivity contribution in [2.45, 2.75) is 78.4 Å². The van der Waals surface area contributed by atoms with Gasteiger partial charge in [-0.2, -0.15) is 0 Å². The Hall–Kier alpha value is -2.82. The minimum Gasteiger partial charge on any atom is -0.497 e. The SMILES string of the molecule is COc1ccc(CN(C(=O)CCc2ccc(C(C)C)cc2)C(C)C(=O)NC(C)(C)C)cc1. The number of nitrogens with zero attached hydrogens (tertiary/aromatic N) is 1. The number of methoxy groups -OCH3 is 1. The lowest BCUT2D eigenvalue weighted by Gasteiger charge is -2.31. The molecule has 5 nitrogen and oxygen atoms in total. The van der Waals surface area contributed by atoms with E-state index >= 15 is 0 Å². The molecule has 2 amide bonds. The fraction of sp³-hybridized carbons (Fsp3) is 0.481. The third kappa shape index (κ3) is 7.70. The topological polar surface area (TPSA) is 58.6 Å². The molecule has 0 fully saturated rings. The van der Waals surface area contributed by atoms with Crippen LogP contribution in [0.3, 0.4) is 0 Å². The average molecular weight is 439 g/mol. The van der Waals surface area contributed by atoms with Gasteiger partial charge >= 0.3 is 0 Å². The predicted molar refractivity (Wildman–Crippen MR) is 130 cm³/mol. The fourth-order valence-electron chi connectivity index (χ4n) is 3.45. The molecule has 0 aliphatic carbocycles. The van der Waals surface area contributed by atoms with Crippen LogP contribution in [0.2, 0.25) is 0 Å². The lowest BCUT2D eigenvalue weighted by Crippen LogP contribution is -2.52. The molecule has 0 saturated heterocycles. The zero-order chi connectivity index (χ0) is 23.9. The zero-order valence-electron chi connectivity index (χ0n) is 20.6. The maximum Gasteiger partial charge on any atom is 0.242 e. The van der Waals surface area contributed by atoms with Crippen molar-refractivity contribution in [2.24, 2.45) is 0 Å². The molecule has 0 bridgehead atoms. The molecule has 1 unspecified atom stereocenters. The van der Waals surface area contributed by atoms with Crippen LogP contribution in [0.5, 0.6) is 5.75 Å². The third-order valence-electron chi connectivity index (χ3n) is 5.45. The van der Waals surface area contributed by atoms with Gasteiger partial charge in [0.05, 0.1) is 7.11 Å². The molecular weight excluding hydrogens is 400 g/mol. The Labute approximate surface area is 193 Å². The maximum atomic E-state index is 13.3. The van der Waals surface area contributed by atoms with Gasteiger partial charge in [0.1, 0.15) is 11.8 Å². The summed E-state index contributed by atoms with van der Waals surface area (Å²) in [7, 11) is 1.62. The Morgan fingerprint density at radius 2 is 1.50 bits per heavy atom. The van der Waals surface area contributed by atoms with Gasteiger partial charge < -0.3 is 15.0 Å². The number of benzene rings is 2. The number of carbonyl (C=O) groups excluding carboxylic acids is 2. The number of aryl methyl sites for hydroxylation is 1. The molecule has 2 aromatic rings. The van der Waals surface area contributed by atoms with Gasteiger partial charge in [0.15, 0.2) is 0 Å². The summed E-state index contributed by atoms with van der Waals surface area (Å²) < 4.78 is 5.23. The van der Waals surface area contributed by atoms with E-state index in [-0.39, 0.29) is 17.4 Å². The van der Waals surface area contributed by atoms with Crippen LogP contribution in [-0.2, 0) is 22.6 Å². The number of hydrogen-bond acceptors (Lipinski definition) is 3. The van der Waals surface area contributed by atoms with Crippen LogP contribution in [0.25, 0.3) is 0 Å². The van der Waals surface area contributed by atoms with Crippen molar-refractivity contribution < 1.29 is 14.3 Å². The van der Waals surface area contributed by atoms with E-state index in [1.54, 1.807) is 18.9 Å². The van der Waals surface area contributed by atoms with E-state index in [0.717, 1.165) is 16.9 Å². The van der Waals surface area contributed by atoms with Crippen molar-refractivity contribution in [1.29, 1.82) is 0 Å². The van der Waals surface area contributed by atoms with Gasteiger partial charge in [-0.05, 0) is 68.9 Å². The Bertz CT molecular complexity index is 881. The first-order chi connectivity index (χ1) is 15.0.